The van der Waals surface area contributed by atoms with Crippen molar-refractivity contribution in [2.24, 2.45) is 5.73 Å². The Morgan fingerprint density at radius 1 is 1.44 bits per heavy atom. The lowest BCUT2D eigenvalue weighted by molar-refractivity contribution is 0.531. The van der Waals surface area contributed by atoms with Crippen molar-refractivity contribution in [3.63, 3.8) is 0 Å². The summed E-state index contributed by atoms with van der Waals surface area (Å²) in [5, 5.41) is 3.04. The van der Waals surface area contributed by atoms with Crippen molar-refractivity contribution in [2.45, 2.75) is 25.3 Å². The van der Waals surface area contributed by atoms with E-state index in [1.54, 1.807) is 11.3 Å². The summed E-state index contributed by atoms with van der Waals surface area (Å²) < 4.78 is 0. The van der Waals surface area contributed by atoms with Crippen LogP contribution in [0.5, 0.6) is 0 Å². The number of benzene rings is 1. The first-order chi connectivity index (χ1) is 7.70. The lowest BCUT2D eigenvalue weighted by Crippen LogP contribution is -2.35. The summed E-state index contributed by atoms with van der Waals surface area (Å²) >= 11 is 1.65. The molecule has 0 aliphatic heterocycles. The fourth-order valence-corrected chi connectivity index (χ4v) is 3.25. The largest absolute Gasteiger partial charge is 0.316 e. The SMILES string of the molecule is Cc1ccc2c(c1)C(N)(c1nccs1)CC2. The second-order valence-electron chi connectivity index (χ2n) is 4.47. The van der Waals surface area contributed by atoms with Crippen LogP contribution in [0.15, 0.2) is 29.8 Å². The summed E-state index contributed by atoms with van der Waals surface area (Å²) in [5.74, 6) is 0. The molecule has 0 amide bonds. The molecule has 3 rings (SSSR count). The number of fused-ring (bicyclic) bond motifs is 1. The number of nitrogens with zero attached hydrogens (tertiary/aromatic N) is 1. The molecular weight excluding hydrogens is 216 g/mol. The zero-order valence-corrected chi connectivity index (χ0v) is 10.1. The van der Waals surface area contributed by atoms with E-state index < -0.39 is 0 Å². The normalized spacial score (nSPS) is 23.4. The van der Waals surface area contributed by atoms with E-state index in [9.17, 15) is 0 Å². The van der Waals surface area contributed by atoms with Gasteiger partial charge in [-0.05, 0) is 30.9 Å². The molecule has 1 heterocycles. The van der Waals surface area contributed by atoms with Gasteiger partial charge in [-0.1, -0.05) is 23.8 Å². The minimum Gasteiger partial charge on any atom is -0.316 e. The monoisotopic (exact) mass is 230 g/mol. The van der Waals surface area contributed by atoms with E-state index in [4.69, 9.17) is 5.73 Å². The Morgan fingerprint density at radius 2 is 2.31 bits per heavy atom. The van der Waals surface area contributed by atoms with E-state index >= 15 is 0 Å². The molecular formula is C13H14N2S. The molecule has 2 nitrogen and oxygen atoms in total. The van der Waals surface area contributed by atoms with Crippen molar-refractivity contribution < 1.29 is 0 Å². The molecule has 0 fully saturated rings. The summed E-state index contributed by atoms with van der Waals surface area (Å²) in [6, 6.07) is 6.57. The summed E-state index contributed by atoms with van der Waals surface area (Å²) in [7, 11) is 0. The molecule has 0 saturated heterocycles. The highest BCUT2D eigenvalue weighted by molar-refractivity contribution is 7.09. The number of thiazole rings is 1. The van der Waals surface area contributed by atoms with E-state index in [0.29, 0.717) is 0 Å². The summed E-state index contributed by atoms with van der Waals surface area (Å²) in [6.07, 6.45) is 3.87. The van der Waals surface area contributed by atoms with E-state index in [1.807, 2.05) is 11.6 Å². The van der Waals surface area contributed by atoms with Gasteiger partial charge in [-0.2, -0.15) is 0 Å². The summed E-state index contributed by atoms with van der Waals surface area (Å²) in [4.78, 5) is 4.39. The van der Waals surface area contributed by atoms with Crippen LogP contribution >= 0.6 is 11.3 Å². The van der Waals surface area contributed by atoms with Gasteiger partial charge in [0.15, 0.2) is 0 Å². The van der Waals surface area contributed by atoms with Gasteiger partial charge < -0.3 is 5.73 Å². The molecule has 16 heavy (non-hydrogen) atoms. The highest BCUT2D eigenvalue weighted by atomic mass is 32.1. The minimum absolute atomic E-state index is 0.352. The minimum atomic E-state index is -0.352. The second-order valence-corrected chi connectivity index (χ2v) is 5.36. The third-order valence-electron chi connectivity index (χ3n) is 3.35. The molecule has 1 atom stereocenters. The second kappa shape index (κ2) is 3.40. The summed E-state index contributed by atoms with van der Waals surface area (Å²) in [5.41, 5.74) is 10.1. The quantitative estimate of drug-likeness (QED) is 0.818. The lowest BCUT2D eigenvalue weighted by Gasteiger charge is -2.23. The molecule has 82 valence electrons. The van der Waals surface area contributed by atoms with Gasteiger partial charge in [0.25, 0.3) is 0 Å². The molecule has 0 radical (unpaired) electrons. The maximum atomic E-state index is 6.55. The van der Waals surface area contributed by atoms with Crippen LogP contribution in [0.1, 0.15) is 28.1 Å². The van der Waals surface area contributed by atoms with Gasteiger partial charge in [0, 0.05) is 11.6 Å². The Hall–Kier alpha value is -1.19. The van der Waals surface area contributed by atoms with Crippen LogP contribution in [0.25, 0.3) is 0 Å². The maximum Gasteiger partial charge on any atom is 0.117 e. The number of aromatic nitrogens is 1. The van der Waals surface area contributed by atoms with E-state index in [1.165, 1.54) is 16.7 Å². The standard InChI is InChI=1S/C13H14N2S/c1-9-2-3-10-4-5-13(14,11(10)8-9)12-15-6-7-16-12/h2-3,6-8H,4-5,14H2,1H3. The molecule has 1 unspecified atom stereocenters. The van der Waals surface area contributed by atoms with E-state index in [2.05, 4.69) is 30.1 Å². The first kappa shape index (κ1) is 10.00. The fraction of sp³-hybridized carbons (Fsp3) is 0.308. The van der Waals surface area contributed by atoms with Crippen LogP contribution in [-0.4, -0.2) is 4.98 Å². The smallest absolute Gasteiger partial charge is 0.117 e. The van der Waals surface area contributed by atoms with Crippen LogP contribution < -0.4 is 5.73 Å². The van der Waals surface area contributed by atoms with Gasteiger partial charge in [0.1, 0.15) is 5.01 Å². The molecule has 1 aromatic carbocycles. The third-order valence-corrected chi connectivity index (χ3v) is 4.30. The Balaban J connectivity index is 2.18. The molecule has 1 aliphatic rings. The maximum absolute atomic E-state index is 6.55. The third kappa shape index (κ3) is 1.32. The van der Waals surface area contributed by atoms with Crippen molar-refractivity contribution in [3.8, 4) is 0 Å². The Labute approximate surface area is 99.1 Å². The molecule has 3 heteroatoms. The van der Waals surface area contributed by atoms with Crippen molar-refractivity contribution in [2.75, 3.05) is 0 Å². The zero-order chi connectivity index (χ0) is 11.2. The van der Waals surface area contributed by atoms with Gasteiger partial charge in [-0.25, -0.2) is 4.98 Å². The van der Waals surface area contributed by atoms with Crippen molar-refractivity contribution in [1.82, 2.24) is 4.98 Å². The molecule has 0 saturated carbocycles. The highest BCUT2D eigenvalue weighted by Gasteiger charge is 2.38. The number of nitrogens with two attached hydrogens (primary N) is 1. The molecule has 1 aromatic heterocycles. The molecule has 2 N–H and O–H groups in total. The van der Waals surface area contributed by atoms with Gasteiger partial charge in [-0.3, -0.25) is 0 Å². The first-order valence-electron chi connectivity index (χ1n) is 5.49. The van der Waals surface area contributed by atoms with Gasteiger partial charge in [-0.15, -0.1) is 11.3 Å². The number of hydrogen-bond acceptors (Lipinski definition) is 3. The van der Waals surface area contributed by atoms with Crippen molar-refractivity contribution in [3.05, 3.63) is 51.5 Å². The zero-order valence-electron chi connectivity index (χ0n) is 9.23. The first-order valence-corrected chi connectivity index (χ1v) is 6.37. The van der Waals surface area contributed by atoms with Crippen molar-refractivity contribution in [1.29, 1.82) is 0 Å². The average molecular weight is 230 g/mol. The van der Waals surface area contributed by atoms with Crippen LogP contribution in [0.3, 0.4) is 0 Å². The van der Waals surface area contributed by atoms with Crippen LogP contribution in [0, 0.1) is 6.92 Å². The molecule has 2 aromatic rings. The molecule has 1 aliphatic carbocycles. The van der Waals surface area contributed by atoms with Crippen LogP contribution in [0.4, 0.5) is 0 Å². The van der Waals surface area contributed by atoms with Crippen LogP contribution in [0.2, 0.25) is 0 Å². The number of rotatable bonds is 1. The Morgan fingerprint density at radius 3 is 3.06 bits per heavy atom. The predicted octanol–water partition coefficient (Wildman–Crippen LogP) is 2.60. The highest BCUT2D eigenvalue weighted by Crippen LogP contribution is 2.40. The topological polar surface area (TPSA) is 38.9 Å². The Kier molecular flexibility index (Phi) is 2.13. The van der Waals surface area contributed by atoms with E-state index in [0.717, 1.165) is 17.8 Å². The number of hydrogen-bond donors (Lipinski definition) is 1. The van der Waals surface area contributed by atoms with Crippen LogP contribution in [-0.2, 0) is 12.0 Å². The summed E-state index contributed by atoms with van der Waals surface area (Å²) in [6.45, 7) is 2.11. The lowest BCUT2D eigenvalue weighted by atomic mass is 9.93. The van der Waals surface area contributed by atoms with Crippen molar-refractivity contribution >= 4 is 11.3 Å². The number of aryl methyl sites for hydroxylation is 2. The predicted molar refractivity (Wildman–Crippen MR) is 66.6 cm³/mol. The molecule has 0 spiro atoms. The van der Waals surface area contributed by atoms with E-state index in [-0.39, 0.29) is 5.54 Å². The fourth-order valence-electron chi connectivity index (χ4n) is 2.46. The average Bonchev–Trinajstić information content (AvgIpc) is 2.88. The van der Waals surface area contributed by atoms with Gasteiger partial charge >= 0.3 is 0 Å². The van der Waals surface area contributed by atoms with Gasteiger partial charge in [0.2, 0.25) is 0 Å². The van der Waals surface area contributed by atoms with Gasteiger partial charge in [0.05, 0.1) is 5.54 Å². The molecule has 0 bridgehead atoms. The Bertz CT molecular complexity index is 519.